The summed E-state index contributed by atoms with van der Waals surface area (Å²) in [5.41, 5.74) is 0.845. The van der Waals surface area contributed by atoms with Gasteiger partial charge < -0.3 is 10.2 Å². The monoisotopic (exact) mass is 230 g/mol. The van der Waals surface area contributed by atoms with Crippen molar-refractivity contribution in [3.05, 3.63) is 23.8 Å². The molecule has 0 heterocycles. The number of hydrogen-bond acceptors (Lipinski definition) is 2. The molecule has 12 heavy (non-hydrogen) atoms. The van der Waals surface area contributed by atoms with Crippen molar-refractivity contribution in [1.29, 1.82) is 0 Å². The van der Waals surface area contributed by atoms with Gasteiger partial charge in [0.15, 0.2) is 0 Å². The van der Waals surface area contributed by atoms with E-state index in [-0.39, 0.29) is 11.5 Å². The molecule has 0 radical (unpaired) electrons. The molecule has 3 heteroatoms. The standard InChI is InChI=1S/C9H11BrO2/c1-6(10)4-7-2-3-8(11)5-9(7)12/h2-3,5-6,11-12H,4H2,1H3. The lowest BCUT2D eigenvalue weighted by Crippen LogP contribution is -1.96. The first kappa shape index (κ1) is 9.39. The van der Waals surface area contributed by atoms with Crippen LogP contribution in [0.1, 0.15) is 12.5 Å². The van der Waals surface area contributed by atoms with Gasteiger partial charge in [0, 0.05) is 10.9 Å². The Labute approximate surface area is 80.0 Å². The third-order valence-corrected chi connectivity index (χ3v) is 1.89. The molecule has 0 aromatic heterocycles. The Morgan fingerprint density at radius 1 is 1.42 bits per heavy atom. The molecule has 0 aliphatic carbocycles. The minimum absolute atomic E-state index is 0.0958. The van der Waals surface area contributed by atoms with Gasteiger partial charge in [0.1, 0.15) is 11.5 Å². The number of rotatable bonds is 2. The first-order valence-corrected chi connectivity index (χ1v) is 4.66. The third kappa shape index (κ3) is 2.41. The molecule has 0 saturated heterocycles. The van der Waals surface area contributed by atoms with Crippen LogP contribution >= 0.6 is 15.9 Å². The number of benzene rings is 1. The SMILES string of the molecule is CC(Br)Cc1ccc(O)cc1O. The van der Waals surface area contributed by atoms with Crippen LogP contribution in [-0.4, -0.2) is 15.0 Å². The van der Waals surface area contributed by atoms with Crippen molar-refractivity contribution in [2.75, 3.05) is 0 Å². The van der Waals surface area contributed by atoms with Gasteiger partial charge in [-0.3, -0.25) is 0 Å². The van der Waals surface area contributed by atoms with Gasteiger partial charge in [0.05, 0.1) is 0 Å². The van der Waals surface area contributed by atoms with Crippen molar-refractivity contribution in [2.45, 2.75) is 18.2 Å². The predicted molar refractivity (Wildman–Crippen MR) is 51.9 cm³/mol. The molecule has 0 amide bonds. The van der Waals surface area contributed by atoms with Crippen LogP contribution in [-0.2, 0) is 6.42 Å². The van der Waals surface area contributed by atoms with E-state index >= 15 is 0 Å². The minimum atomic E-state index is 0.0958. The molecule has 0 fully saturated rings. The molecule has 1 unspecified atom stereocenters. The van der Waals surface area contributed by atoms with E-state index in [0.717, 1.165) is 12.0 Å². The molecule has 0 bridgehead atoms. The molecule has 1 aromatic rings. The van der Waals surface area contributed by atoms with Gasteiger partial charge in [-0.2, -0.15) is 0 Å². The molecule has 1 rings (SSSR count). The summed E-state index contributed by atoms with van der Waals surface area (Å²) in [7, 11) is 0. The van der Waals surface area contributed by atoms with Gasteiger partial charge in [-0.15, -0.1) is 0 Å². The lowest BCUT2D eigenvalue weighted by Gasteiger charge is -2.05. The Balaban J connectivity index is 2.86. The largest absolute Gasteiger partial charge is 0.508 e. The van der Waals surface area contributed by atoms with E-state index < -0.39 is 0 Å². The summed E-state index contributed by atoms with van der Waals surface area (Å²) < 4.78 is 0. The van der Waals surface area contributed by atoms with Crippen LogP contribution in [0, 0.1) is 0 Å². The van der Waals surface area contributed by atoms with Crippen LogP contribution in [0.2, 0.25) is 0 Å². The second-order valence-corrected chi connectivity index (χ2v) is 4.36. The van der Waals surface area contributed by atoms with E-state index in [0.29, 0.717) is 4.83 Å². The van der Waals surface area contributed by atoms with Crippen molar-refractivity contribution >= 4 is 15.9 Å². The highest BCUT2D eigenvalue weighted by atomic mass is 79.9. The van der Waals surface area contributed by atoms with Gasteiger partial charge in [-0.1, -0.05) is 28.9 Å². The number of aromatic hydroxyl groups is 2. The number of hydrogen-bond donors (Lipinski definition) is 2. The predicted octanol–water partition coefficient (Wildman–Crippen LogP) is 2.42. The fourth-order valence-electron chi connectivity index (χ4n) is 1.03. The molecule has 0 aliphatic heterocycles. The first-order chi connectivity index (χ1) is 5.59. The molecule has 0 spiro atoms. The maximum absolute atomic E-state index is 9.36. The van der Waals surface area contributed by atoms with Gasteiger partial charge in [0.25, 0.3) is 0 Å². The smallest absolute Gasteiger partial charge is 0.122 e. The summed E-state index contributed by atoms with van der Waals surface area (Å²) in [6.07, 6.45) is 0.756. The first-order valence-electron chi connectivity index (χ1n) is 3.74. The Bertz CT molecular complexity index is 271. The molecule has 2 N–H and O–H groups in total. The summed E-state index contributed by atoms with van der Waals surface area (Å²) >= 11 is 3.39. The molecule has 1 aromatic carbocycles. The zero-order valence-electron chi connectivity index (χ0n) is 6.79. The van der Waals surface area contributed by atoms with E-state index in [9.17, 15) is 5.11 Å². The van der Waals surface area contributed by atoms with Crippen molar-refractivity contribution in [2.24, 2.45) is 0 Å². The van der Waals surface area contributed by atoms with E-state index in [1.54, 1.807) is 12.1 Å². The quantitative estimate of drug-likeness (QED) is 0.767. The summed E-state index contributed by atoms with van der Waals surface area (Å²) in [6.45, 7) is 2.01. The van der Waals surface area contributed by atoms with Crippen molar-refractivity contribution < 1.29 is 10.2 Å². The highest BCUT2D eigenvalue weighted by Crippen LogP contribution is 2.24. The van der Waals surface area contributed by atoms with Gasteiger partial charge in [0.2, 0.25) is 0 Å². The highest BCUT2D eigenvalue weighted by molar-refractivity contribution is 9.09. The van der Waals surface area contributed by atoms with Gasteiger partial charge in [-0.05, 0) is 18.1 Å². The number of halogens is 1. The Morgan fingerprint density at radius 2 is 2.08 bits per heavy atom. The summed E-state index contributed by atoms with van der Waals surface area (Å²) in [5.74, 6) is 0.250. The van der Waals surface area contributed by atoms with E-state index in [1.807, 2.05) is 6.92 Å². The highest BCUT2D eigenvalue weighted by Gasteiger charge is 2.04. The maximum atomic E-state index is 9.36. The second kappa shape index (κ2) is 3.81. The number of phenols is 2. The Morgan fingerprint density at radius 3 is 2.58 bits per heavy atom. The van der Waals surface area contributed by atoms with Crippen molar-refractivity contribution in [3.8, 4) is 11.5 Å². The molecule has 2 nitrogen and oxygen atoms in total. The minimum Gasteiger partial charge on any atom is -0.508 e. The fraction of sp³-hybridized carbons (Fsp3) is 0.333. The topological polar surface area (TPSA) is 40.5 Å². The molecular weight excluding hydrogens is 220 g/mol. The lowest BCUT2D eigenvalue weighted by atomic mass is 10.1. The molecule has 0 aliphatic rings. The van der Waals surface area contributed by atoms with Crippen LogP contribution in [0.4, 0.5) is 0 Å². The average molecular weight is 231 g/mol. The summed E-state index contributed by atoms with van der Waals surface area (Å²) in [6, 6.07) is 4.65. The van der Waals surface area contributed by atoms with Gasteiger partial charge >= 0.3 is 0 Å². The summed E-state index contributed by atoms with van der Waals surface area (Å²) in [4.78, 5) is 0.327. The van der Waals surface area contributed by atoms with E-state index in [2.05, 4.69) is 15.9 Å². The summed E-state index contributed by atoms with van der Waals surface area (Å²) in [5, 5.41) is 18.4. The molecule has 1 atom stereocenters. The normalized spacial score (nSPS) is 12.8. The molecular formula is C9H11BrO2. The maximum Gasteiger partial charge on any atom is 0.122 e. The van der Waals surface area contributed by atoms with Gasteiger partial charge in [-0.25, -0.2) is 0 Å². The van der Waals surface area contributed by atoms with Crippen molar-refractivity contribution in [1.82, 2.24) is 0 Å². The zero-order valence-corrected chi connectivity index (χ0v) is 8.37. The Kier molecular flexibility index (Phi) is 2.98. The van der Waals surface area contributed by atoms with Crippen molar-refractivity contribution in [3.63, 3.8) is 0 Å². The molecule has 0 saturated carbocycles. The third-order valence-electron chi connectivity index (χ3n) is 1.57. The molecule has 66 valence electrons. The number of alkyl halides is 1. The number of phenolic OH excluding ortho intramolecular Hbond substituents is 2. The van der Waals surface area contributed by atoms with Crippen LogP contribution in [0.5, 0.6) is 11.5 Å². The van der Waals surface area contributed by atoms with Crippen LogP contribution in [0.15, 0.2) is 18.2 Å². The van der Waals surface area contributed by atoms with Crippen LogP contribution < -0.4 is 0 Å². The lowest BCUT2D eigenvalue weighted by molar-refractivity contribution is 0.446. The van der Waals surface area contributed by atoms with Crippen LogP contribution in [0.3, 0.4) is 0 Å². The average Bonchev–Trinajstić information content (AvgIpc) is 1.94. The zero-order chi connectivity index (χ0) is 9.14. The van der Waals surface area contributed by atoms with E-state index in [4.69, 9.17) is 5.11 Å². The van der Waals surface area contributed by atoms with Crippen LogP contribution in [0.25, 0.3) is 0 Å². The van der Waals surface area contributed by atoms with E-state index in [1.165, 1.54) is 6.07 Å². The Hall–Kier alpha value is -0.700. The second-order valence-electron chi connectivity index (χ2n) is 2.80. The fourth-order valence-corrected chi connectivity index (χ4v) is 1.38.